The number of halogens is 1. The summed E-state index contributed by atoms with van der Waals surface area (Å²) in [5.41, 5.74) is 0.765. The number of nitrogens with zero attached hydrogens (tertiary/aromatic N) is 1. The van der Waals surface area contributed by atoms with Crippen molar-refractivity contribution in [2.75, 3.05) is 19.0 Å². The number of carbonyl (C=O) groups is 1. The predicted molar refractivity (Wildman–Crippen MR) is 75.6 cm³/mol. The first-order chi connectivity index (χ1) is 9.28. The first kappa shape index (κ1) is 12.5. The van der Waals surface area contributed by atoms with E-state index < -0.39 is 0 Å². The van der Waals surface area contributed by atoms with Crippen molar-refractivity contribution in [3.63, 3.8) is 0 Å². The van der Waals surface area contributed by atoms with E-state index in [0.29, 0.717) is 17.6 Å². The Morgan fingerprint density at radius 3 is 2.74 bits per heavy atom. The highest BCUT2D eigenvalue weighted by Crippen LogP contribution is 2.23. The van der Waals surface area contributed by atoms with Crippen LogP contribution < -0.4 is 0 Å². The molecule has 0 spiro atoms. The number of piperidine rings is 1. The fourth-order valence-corrected chi connectivity index (χ4v) is 2.84. The second kappa shape index (κ2) is 5.25. The number of rotatable bonds is 2. The Hall–Kier alpha value is -1.48. The SMILES string of the molecule is O=C(c1cc2ccccc2o1)N1CCC(CCl)CC1. The molecule has 1 aromatic carbocycles. The minimum atomic E-state index is -0.00998. The van der Waals surface area contributed by atoms with E-state index in [1.54, 1.807) is 0 Å². The van der Waals surface area contributed by atoms with Gasteiger partial charge >= 0.3 is 0 Å². The van der Waals surface area contributed by atoms with Crippen molar-refractivity contribution in [3.05, 3.63) is 36.1 Å². The molecular formula is C15H16ClNO2. The van der Waals surface area contributed by atoms with Gasteiger partial charge in [0.1, 0.15) is 5.58 Å². The molecule has 0 atom stereocenters. The van der Waals surface area contributed by atoms with E-state index in [-0.39, 0.29) is 5.91 Å². The maximum atomic E-state index is 12.4. The van der Waals surface area contributed by atoms with Gasteiger partial charge < -0.3 is 9.32 Å². The number of benzene rings is 1. The van der Waals surface area contributed by atoms with Crippen LogP contribution in [0.5, 0.6) is 0 Å². The van der Waals surface area contributed by atoms with Crippen molar-refractivity contribution in [1.82, 2.24) is 4.90 Å². The van der Waals surface area contributed by atoms with Crippen molar-refractivity contribution < 1.29 is 9.21 Å². The summed E-state index contributed by atoms with van der Waals surface area (Å²) < 4.78 is 5.62. The first-order valence-corrected chi connectivity index (χ1v) is 7.15. The van der Waals surface area contributed by atoms with Gasteiger partial charge in [0.25, 0.3) is 5.91 Å². The summed E-state index contributed by atoms with van der Waals surface area (Å²) in [5, 5.41) is 0.974. The summed E-state index contributed by atoms with van der Waals surface area (Å²) in [4.78, 5) is 14.2. The quantitative estimate of drug-likeness (QED) is 0.787. The zero-order valence-corrected chi connectivity index (χ0v) is 11.4. The van der Waals surface area contributed by atoms with Crippen LogP contribution in [0.25, 0.3) is 11.0 Å². The molecule has 100 valence electrons. The van der Waals surface area contributed by atoms with E-state index in [9.17, 15) is 4.79 Å². The third-order valence-electron chi connectivity index (χ3n) is 3.76. The Morgan fingerprint density at radius 2 is 2.05 bits per heavy atom. The smallest absolute Gasteiger partial charge is 0.289 e. The monoisotopic (exact) mass is 277 g/mol. The number of likely N-dealkylation sites (tertiary alicyclic amines) is 1. The number of furan rings is 1. The number of fused-ring (bicyclic) bond motifs is 1. The molecule has 3 rings (SSSR count). The highest BCUT2D eigenvalue weighted by atomic mass is 35.5. The Kier molecular flexibility index (Phi) is 3.47. The highest BCUT2D eigenvalue weighted by Gasteiger charge is 2.25. The van der Waals surface area contributed by atoms with Gasteiger partial charge in [0.15, 0.2) is 5.76 Å². The molecule has 1 aliphatic rings. The number of para-hydroxylation sites is 1. The van der Waals surface area contributed by atoms with Gasteiger partial charge in [0.05, 0.1) is 0 Å². The molecule has 0 radical (unpaired) electrons. The molecule has 1 fully saturated rings. The Labute approximate surface area is 117 Å². The predicted octanol–water partition coefficient (Wildman–Crippen LogP) is 3.52. The molecule has 2 aromatic rings. The van der Waals surface area contributed by atoms with Crippen LogP contribution in [0.1, 0.15) is 23.4 Å². The van der Waals surface area contributed by atoms with Crippen LogP contribution in [0.3, 0.4) is 0 Å². The van der Waals surface area contributed by atoms with Gasteiger partial charge in [-0.1, -0.05) is 18.2 Å². The van der Waals surface area contributed by atoms with Gasteiger partial charge in [0, 0.05) is 24.4 Å². The number of carbonyl (C=O) groups excluding carboxylic acids is 1. The first-order valence-electron chi connectivity index (χ1n) is 6.62. The summed E-state index contributed by atoms with van der Waals surface area (Å²) in [6, 6.07) is 9.51. The van der Waals surface area contributed by atoms with Gasteiger partial charge in [-0.05, 0) is 30.9 Å². The third kappa shape index (κ3) is 2.47. The number of hydrogen-bond acceptors (Lipinski definition) is 2. The lowest BCUT2D eigenvalue weighted by Gasteiger charge is -2.30. The molecule has 2 heterocycles. The molecule has 0 aliphatic carbocycles. The lowest BCUT2D eigenvalue weighted by atomic mass is 9.99. The van der Waals surface area contributed by atoms with Gasteiger partial charge in [-0.25, -0.2) is 0 Å². The van der Waals surface area contributed by atoms with Crippen molar-refractivity contribution in [2.45, 2.75) is 12.8 Å². The topological polar surface area (TPSA) is 33.5 Å². The number of alkyl halides is 1. The Balaban J connectivity index is 1.77. The lowest BCUT2D eigenvalue weighted by Crippen LogP contribution is -2.38. The van der Waals surface area contributed by atoms with E-state index in [0.717, 1.165) is 36.9 Å². The van der Waals surface area contributed by atoms with Crippen molar-refractivity contribution in [2.24, 2.45) is 5.92 Å². The normalized spacial score (nSPS) is 17.0. The van der Waals surface area contributed by atoms with Gasteiger partial charge in [-0.15, -0.1) is 11.6 Å². The molecule has 19 heavy (non-hydrogen) atoms. The number of hydrogen-bond donors (Lipinski definition) is 0. The van der Waals surface area contributed by atoms with Crippen LogP contribution in [0.4, 0.5) is 0 Å². The summed E-state index contributed by atoms with van der Waals surface area (Å²) in [6.45, 7) is 1.54. The highest BCUT2D eigenvalue weighted by molar-refractivity contribution is 6.18. The van der Waals surface area contributed by atoms with E-state index in [4.69, 9.17) is 16.0 Å². The van der Waals surface area contributed by atoms with Crippen molar-refractivity contribution >= 4 is 28.5 Å². The molecular weight excluding hydrogens is 262 g/mol. The average Bonchev–Trinajstić information content (AvgIpc) is 2.90. The summed E-state index contributed by atoms with van der Waals surface area (Å²) in [7, 11) is 0. The Morgan fingerprint density at radius 1 is 1.32 bits per heavy atom. The third-order valence-corrected chi connectivity index (χ3v) is 4.19. The van der Waals surface area contributed by atoms with Crippen LogP contribution >= 0.6 is 11.6 Å². The average molecular weight is 278 g/mol. The second-order valence-electron chi connectivity index (χ2n) is 5.04. The fraction of sp³-hybridized carbons (Fsp3) is 0.400. The molecule has 3 nitrogen and oxygen atoms in total. The van der Waals surface area contributed by atoms with Gasteiger partial charge in [0.2, 0.25) is 0 Å². The largest absolute Gasteiger partial charge is 0.451 e. The molecule has 4 heteroatoms. The van der Waals surface area contributed by atoms with Crippen molar-refractivity contribution in [1.29, 1.82) is 0 Å². The summed E-state index contributed by atoms with van der Waals surface area (Å²) in [5.74, 6) is 1.66. The zero-order valence-electron chi connectivity index (χ0n) is 10.6. The number of amides is 1. The molecule has 0 saturated carbocycles. The zero-order chi connectivity index (χ0) is 13.2. The van der Waals surface area contributed by atoms with E-state index in [1.165, 1.54) is 0 Å². The minimum Gasteiger partial charge on any atom is -0.451 e. The Bertz CT molecular complexity index is 552. The van der Waals surface area contributed by atoms with Gasteiger partial charge in [-0.2, -0.15) is 0 Å². The minimum absolute atomic E-state index is 0.00998. The summed E-state index contributed by atoms with van der Waals surface area (Å²) >= 11 is 5.86. The molecule has 1 amide bonds. The van der Waals surface area contributed by atoms with E-state index >= 15 is 0 Å². The van der Waals surface area contributed by atoms with Gasteiger partial charge in [-0.3, -0.25) is 4.79 Å². The van der Waals surface area contributed by atoms with E-state index in [2.05, 4.69) is 0 Å². The molecule has 0 unspecified atom stereocenters. The maximum absolute atomic E-state index is 12.4. The van der Waals surface area contributed by atoms with Crippen molar-refractivity contribution in [3.8, 4) is 0 Å². The van der Waals surface area contributed by atoms with Crippen LogP contribution in [-0.2, 0) is 0 Å². The maximum Gasteiger partial charge on any atom is 0.289 e. The van der Waals surface area contributed by atoms with Crippen LogP contribution in [0.15, 0.2) is 34.7 Å². The molecule has 0 bridgehead atoms. The fourth-order valence-electron chi connectivity index (χ4n) is 2.53. The van der Waals surface area contributed by atoms with Crippen LogP contribution in [-0.4, -0.2) is 29.8 Å². The molecule has 1 aliphatic heterocycles. The lowest BCUT2D eigenvalue weighted by molar-refractivity contribution is 0.0668. The van der Waals surface area contributed by atoms with Crippen LogP contribution in [0, 0.1) is 5.92 Å². The van der Waals surface area contributed by atoms with Crippen LogP contribution in [0.2, 0.25) is 0 Å². The molecule has 1 saturated heterocycles. The molecule has 1 aromatic heterocycles. The molecule has 0 N–H and O–H groups in total. The van der Waals surface area contributed by atoms with E-state index in [1.807, 2.05) is 35.2 Å². The summed E-state index contributed by atoms with van der Waals surface area (Å²) in [6.07, 6.45) is 1.96. The standard InChI is InChI=1S/C15H16ClNO2/c16-10-11-5-7-17(8-6-11)15(18)14-9-12-3-1-2-4-13(12)19-14/h1-4,9,11H,5-8,10H2. The second-order valence-corrected chi connectivity index (χ2v) is 5.35.